The second-order valence-electron chi connectivity index (χ2n) is 4.18. The van der Waals surface area contributed by atoms with E-state index in [9.17, 15) is 4.79 Å². The molecule has 0 amide bonds. The van der Waals surface area contributed by atoms with Crippen molar-refractivity contribution in [1.82, 2.24) is 4.98 Å². The molecule has 2 aromatic heterocycles. The molecule has 0 bridgehead atoms. The van der Waals surface area contributed by atoms with Gasteiger partial charge in [-0.3, -0.25) is 0 Å². The van der Waals surface area contributed by atoms with E-state index in [4.69, 9.17) is 20.8 Å². The normalized spacial score (nSPS) is 10.7. The Morgan fingerprint density at radius 3 is 2.90 bits per heavy atom. The molecule has 3 aromatic rings. The number of carbonyl (C=O) groups excluding carboxylic acids is 1. The highest BCUT2D eigenvalue weighted by molar-refractivity contribution is 6.30. The highest BCUT2D eigenvalue weighted by atomic mass is 35.5. The van der Waals surface area contributed by atoms with E-state index in [1.807, 2.05) is 30.3 Å². The lowest BCUT2D eigenvalue weighted by Gasteiger charge is -2.06. The highest BCUT2D eigenvalue weighted by Gasteiger charge is 2.12. The van der Waals surface area contributed by atoms with Gasteiger partial charge in [-0.15, -0.1) is 0 Å². The number of para-hydroxylation sites is 1. The highest BCUT2D eigenvalue weighted by Crippen LogP contribution is 2.21. The molecule has 100 valence electrons. The quantitative estimate of drug-likeness (QED) is 0.542. The monoisotopic (exact) mass is 287 g/mol. The Bertz CT molecular complexity index is 753. The number of pyridine rings is 1. The Morgan fingerprint density at radius 1 is 1.25 bits per heavy atom. The number of aromatic nitrogens is 1. The van der Waals surface area contributed by atoms with Gasteiger partial charge in [0.15, 0.2) is 0 Å². The summed E-state index contributed by atoms with van der Waals surface area (Å²) in [5.74, 6) is -0.367. The van der Waals surface area contributed by atoms with Gasteiger partial charge in [-0.1, -0.05) is 29.8 Å². The van der Waals surface area contributed by atoms with Gasteiger partial charge >= 0.3 is 5.97 Å². The Morgan fingerprint density at radius 2 is 2.10 bits per heavy atom. The number of hydrogen-bond acceptors (Lipinski definition) is 4. The van der Waals surface area contributed by atoms with Crippen molar-refractivity contribution in [3.63, 3.8) is 0 Å². The predicted molar refractivity (Wildman–Crippen MR) is 74.6 cm³/mol. The van der Waals surface area contributed by atoms with Gasteiger partial charge in [0.25, 0.3) is 0 Å². The molecule has 3 rings (SSSR count). The van der Waals surface area contributed by atoms with Crippen molar-refractivity contribution in [3.05, 3.63) is 65.2 Å². The van der Waals surface area contributed by atoms with Gasteiger partial charge in [0.2, 0.25) is 5.76 Å². The van der Waals surface area contributed by atoms with E-state index in [-0.39, 0.29) is 12.4 Å². The molecule has 0 saturated carbocycles. The molecule has 0 unspecified atom stereocenters. The number of fused-ring (bicyclic) bond motifs is 1. The van der Waals surface area contributed by atoms with Crippen LogP contribution < -0.4 is 0 Å². The summed E-state index contributed by atoms with van der Waals surface area (Å²) in [4.78, 5) is 15.9. The third-order valence-electron chi connectivity index (χ3n) is 2.83. The minimum Gasteiger partial charge on any atom is -0.457 e. The molecule has 0 aliphatic rings. The molecule has 0 aliphatic heterocycles. The minimum absolute atomic E-state index is 0.0518. The molecular formula is C15H10ClNO3. The van der Waals surface area contributed by atoms with Crippen LogP contribution in [0.15, 0.2) is 53.1 Å². The minimum atomic E-state index is -0.528. The molecule has 0 saturated heterocycles. The summed E-state index contributed by atoms with van der Waals surface area (Å²) in [6.07, 6.45) is 1.42. The van der Waals surface area contributed by atoms with Gasteiger partial charge in [0.05, 0.1) is 11.8 Å². The average Bonchev–Trinajstić information content (AvgIpc) is 2.99. The molecule has 0 fully saturated rings. The number of furan rings is 1. The maximum Gasteiger partial charge on any atom is 0.374 e. The number of carbonyl (C=O) groups is 1. The van der Waals surface area contributed by atoms with E-state index in [0.717, 1.165) is 10.9 Å². The Balaban J connectivity index is 1.80. The van der Waals surface area contributed by atoms with Crippen molar-refractivity contribution in [2.75, 3.05) is 0 Å². The van der Waals surface area contributed by atoms with E-state index in [2.05, 4.69) is 4.98 Å². The van der Waals surface area contributed by atoms with E-state index in [1.165, 1.54) is 6.26 Å². The van der Waals surface area contributed by atoms with Gasteiger partial charge in [0, 0.05) is 10.9 Å². The van der Waals surface area contributed by atoms with Crippen LogP contribution >= 0.6 is 11.6 Å². The fourth-order valence-corrected chi connectivity index (χ4v) is 2.05. The fraction of sp³-hybridized carbons (Fsp3) is 0.0667. The molecule has 2 heterocycles. The first-order chi connectivity index (χ1) is 9.74. The van der Waals surface area contributed by atoms with Crippen LogP contribution in [-0.2, 0) is 11.3 Å². The van der Waals surface area contributed by atoms with E-state index >= 15 is 0 Å². The summed E-state index contributed by atoms with van der Waals surface area (Å²) in [6, 6.07) is 12.6. The second kappa shape index (κ2) is 5.35. The maximum absolute atomic E-state index is 11.7. The molecule has 20 heavy (non-hydrogen) atoms. The van der Waals surface area contributed by atoms with Crippen LogP contribution in [0.5, 0.6) is 0 Å². The fourth-order valence-electron chi connectivity index (χ4n) is 1.85. The predicted octanol–water partition coefficient (Wildman–Crippen LogP) is 3.84. The van der Waals surface area contributed by atoms with Crippen molar-refractivity contribution in [1.29, 1.82) is 0 Å². The smallest absolute Gasteiger partial charge is 0.374 e. The van der Waals surface area contributed by atoms with Gasteiger partial charge in [0.1, 0.15) is 11.8 Å². The zero-order chi connectivity index (χ0) is 13.9. The SMILES string of the molecule is O=C(OCc1cc2ccccc2nc1Cl)c1ccco1. The molecule has 1 aromatic carbocycles. The first-order valence-electron chi connectivity index (χ1n) is 5.99. The van der Waals surface area contributed by atoms with E-state index in [0.29, 0.717) is 10.7 Å². The van der Waals surface area contributed by atoms with Gasteiger partial charge in [-0.25, -0.2) is 9.78 Å². The number of ether oxygens (including phenoxy) is 1. The van der Waals surface area contributed by atoms with E-state index in [1.54, 1.807) is 12.1 Å². The Kier molecular flexibility index (Phi) is 3.39. The van der Waals surface area contributed by atoms with Gasteiger partial charge in [-0.2, -0.15) is 0 Å². The number of hydrogen-bond donors (Lipinski definition) is 0. The first-order valence-corrected chi connectivity index (χ1v) is 6.36. The number of halogens is 1. The van der Waals surface area contributed by atoms with Gasteiger partial charge < -0.3 is 9.15 Å². The second-order valence-corrected chi connectivity index (χ2v) is 4.54. The summed E-state index contributed by atoms with van der Waals surface area (Å²) >= 11 is 6.09. The largest absolute Gasteiger partial charge is 0.457 e. The van der Waals surface area contributed by atoms with Crippen molar-refractivity contribution >= 4 is 28.5 Å². The number of benzene rings is 1. The van der Waals surface area contributed by atoms with Crippen LogP contribution in [0.4, 0.5) is 0 Å². The summed E-state index contributed by atoms with van der Waals surface area (Å²) in [5, 5.41) is 1.27. The van der Waals surface area contributed by atoms with Crippen molar-refractivity contribution in [3.8, 4) is 0 Å². The number of nitrogens with zero attached hydrogens (tertiary/aromatic N) is 1. The molecule has 0 radical (unpaired) electrons. The average molecular weight is 288 g/mol. The summed E-state index contributed by atoms with van der Waals surface area (Å²) in [7, 11) is 0. The summed E-state index contributed by atoms with van der Waals surface area (Å²) in [6.45, 7) is 0.0518. The first kappa shape index (κ1) is 12.7. The molecule has 0 atom stereocenters. The van der Waals surface area contributed by atoms with Gasteiger partial charge in [-0.05, 0) is 24.3 Å². The third kappa shape index (κ3) is 2.51. The molecule has 0 aliphatic carbocycles. The lowest BCUT2D eigenvalue weighted by Crippen LogP contribution is -2.04. The van der Waals surface area contributed by atoms with Crippen molar-refractivity contribution in [2.24, 2.45) is 0 Å². The number of rotatable bonds is 3. The van der Waals surface area contributed by atoms with Crippen molar-refractivity contribution < 1.29 is 13.9 Å². The summed E-state index contributed by atoms with van der Waals surface area (Å²) in [5.41, 5.74) is 1.46. The molecule has 4 nitrogen and oxygen atoms in total. The molecular weight excluding hydrogens is 278 g/mol. The van der Waals surface area contributed by atoms with Crippen LogP contribution in [0.2, 0.25) is 5.15 Å². The standard InChI is InChI=1S/C15H10ClNO3/c16-14-11(8-10-4-1-2-5-12(10)17-14)9-20-15(18)13-6-3-7-19-13/h1-8H,9H2. The zero-order valence-electron chi connectivity index (χ0n) is 10.4. The van der Waals surface area contributed by atoms with Crippen LogP contribution in [0.3, 0.4) is 0 Å². The van der Waals surface area contributed by atoms with Crippen LogP contribution in [0, 0.1) is 0 Å². The molecule has 0 N–H and O–H groups in total. The molecule has 0 spiro atoms. The maximum atomic E-state index is 11.7. The topological polar surface area (TPSA) is 52.3 Å². The lowest BCUT2D eigenvalue weighted by molar-refractivity contribution is 0.0436. The third-order valence-corrected chi connectivity index (χ3v) is 3.16. The Hall–Kier alpha value is -2.33. The summed E-state index contributed by atoms with van der Waals surface area (Å²) < 4.78 is 10.1. The van der Waals surface area contributed by atoms with Crippen LogP contribution in [0.1, 0.15) is 16.1 Å². The lowest BCUT2D eigenvalue weighted by atomic mass is 10.2. The van der Waals surface area contributed by atoms with Crippen LogP contribution in [0.25, 0.3) is 10.9 Å². The zero-order valence-corrected chi connectivity index (χ0v) is 11.1. The van der Waals surface area contributed by atoms with E-state index < -0.39 is 5.97 Å². The molecule has 5 heteroatoms. The number of esters is 1. The van der Waals surface area contributed by atoms with Crippen molar-refractivity contribution in [2.45, 2.75) is 6.61 Å². The van der Waals surface area contributed by atoms with Crippen LogP contribution in [-0.4, -0.2) is 11.0 Å². The Labute approximate surface area is 119 Å².